The third-order valence-electron chi connectivity index (χ3n) is 3.44. The van der Waals surface area contributed by atoms with Crippen molar-refractivity contribution in [2.24, 2.45) is 0 Å². The molecule has 0 heterocycles. The van der Waals surface area contributed by atoms with E-state index in [4.69, 9.17) is 4.74 Å². The molecule has 2 N–H and O–H groups in total. The van der Waals surface area contributed by atoms with Gasteiger partial charge in [0.05, 0.1) is 17.6 Å². The van der Waals surface area contributed by atoms with Crippen LogP contribution in [0, 0.1) is 0 Å². The first-order chi connectivity index (χ1) is 10.8. The second kappa shape index (κ2) is 7.12. The molecule has 0 saturated carbocycles. The van der Waals surface area contributed by atoms with Gasteiger partial charge in [-0.2, -0.15) is 0 Å². The number of hydrogen-bond donors (Lipinski definition) is 2. The van der Waals surface area contributed by atoms with Gasteiger partial charge in [-0.1, -0.05) is 30.3 Å². The number of methoxy groups -OCH3 is 1. The maximum atomic E-state index is 12.2. The molecule has 2 aromatic rings. The van der Waals surface area contributed by atoms with Crippen molar-refractivity contribution in [3.05, 3.63) is 60.2 Å². The van der Waals surface area contributed by atoms with Crippen molar-refractivity contribution >= 4 is 10.0 Å². The lowest BCUT2D eigenvalue weighted by atomic mass is 9.97. The van der Waals surface area contributed by atoms with Crippen molar-refractivity contribution in [2.75, 3.05) is 13.7 Å². The summed E-state index contributed by atoms with van der Waals surface area (Å²) in [4.78, 5) is 0.181. The molecule has 1 atom stereocenters. The smallest absolute Gasteiger partial charge is 0.240 e. The number of aliphatic hydroxyl groups is 1. The van der Waals surface area contributed by atoms with Gasteiger partial charge in [0.1, 0.15) is 5.75 Å². The Morgan fingerprint density at radius 3 is 2.26 bits per heavy atom. The van der Waals surface area contributed by atoms with Gasteiger partial charge in [0.2, 0.25) is 10.0 Å². The molecule has 0 bridgehead atoms. The Kier molecular flexibility index (Phi) is 5.41. The Hall–Kier alpha value is -1.89. The van der Waals surface area contributed by atoms with E-state index in [1.54, 1.807) is 44.4 Å². The molecule has 1 unspecified atom stereocenters. The molecule has 0 aliphatic heterocycles. The predicted octanol–water partition coefficient (Wildman–Crippen LogP) is 1.97. The van der Waals surface area contributed by atoms with Gasteiger partial charge in [-0.25, -0.2) is 13.1 Å². The van der Waals surface area contributed by atoms with Gasteiger partial charge in [-0.15, -0.1) is 0 Å². The summed E-state index contributed by atoms with van der Waals surface area (Å²) in [6.45, 7) is 1.53. The van der Waals surface area contributed by atoms with Gasteiger partial charge >= 0.3 is 0 Å². The minimum absolute atomic E-state index is 0.0732. The van der Waals surface area contributed by atoms with Crippen LogP contribution in [0.15, 0.2) is 59.5 Å². The first kappa shape index (κ1) is 17.5. The van der Waals surface area contributed by atoms with Gasteiger partial charge in [-0.3, -0.25) is 0 Å². The van der Waals surface area contributed by atoms with E-state index in [1.165, 1.54) is 12.1 Å². The molecule has 0 amide bonds. The first-order valence-electron chi connectivity index (χ1n) is 7.22. The second-order valence-corrected chi connectivity index (χ2v) is 7.43. The van der Waals surface area contributed by atoms with Crippen LogP contribution in [0.2, 0.25) is 0 Å². The van der Waals surface area contributed by atoms with E-state index >= 15 is 0 Å². The van der Waals surface area contributed by atoms with E-state index in [9.17, 15) is 13.5 Å². The molecule has 23 heavy (non-hydrogen) atoms. The molecule has 2 aromatic carbocycles. The van der Waals surface area contributed by atoms with Crippen LogP contribution in [0.3, 0.4) is 0 Å². The highest BCUT2D eigenvalue weighted by molar-refractivity contribution is 7.89. The molecule has 0 aliphatic rings. The van der Waals surface area contributed by atoms with Crippen molar-refractivity contribution in [1.29, 1.82) is 0 Å². The summed E-state index contributed by atoms with van der Waals surface area (Å²) in [5.74, 6) is 0.734. The van der Waals surface area contributed by atoms with Crippen LogP contribution >= 0.6 is 0 Å². The third-order valence-corrected chi connectivity index (χ3v) is 4.86. The third kappa shape index (κ3) is 5.06. The molecule has 0 aliphatic carbocycles. The van der Waals surface area contributed by atoms with Crippen LogP contribution < -0.4 is 9.46 Å². The maximum absolute atomic E-state index is 12.2. The van der Waals surface area contributed by atoms with Gasteiger partial charge < -0.3 is 9.84 Å². The molecule has 0 fully saturated rings. The summed E-state index contributed by atoms with van der Waals surface area (Å²) in [5, 5.41) is 10.4. The molecular formula is C17H21NO4S. The van der Waals surface area contributed by atoms with E-state index in [2.05, 4.69) is 4.72 Å². The fraction of sp³-hybridized carbons (Fsp3) is 0.294. The molecule has 124 valence electrons. The normalized spacial score (nSPS) is 14.2. The maximum Gasteiger partial charge on any atom is 0.240 e. The summed E-state index contributed by atoms with van der Waals surface area (Å²) in [6, 6.07) is 15.4. The Bertz CT molecular complexity index is 725. The molecule has 0 spiro atoms. The minimum atomic E-state index is -3.63. The second-order valence-electron chi connectivity index (χ2n) is 5.66. The SMILES string of the molecule is COc1ccc(CC(C)(O)CNS(=O)(=O)c2ccccc2)cc1. The molecule has 0 saturated heterocycles. The van der Waals surface area contributed by atoms with E-state index in [0.29, 0.717) is 6.42 Å². The van der Waals surface area contributed by atoms with E-state index < -0.39 is 15.6 Å². The molecule has 6 heteroatoms. The van der Waals surface area contributed by atoms with Gasteiger partial charge in [0.15, 0.2) is 0 Å². The summed E-state index contributed by atoms with van der Waals surface area (Å²) in [7, 11) is -2.04. The summed E-state index contributed by atoms with van der Waals surface area (Å²) < 4.78 is 31.9. The zero-order valence-corrected chi connectivity index (χ0v) is 14.0. The first-order valence-corrected chi connectivity index (χ1v) is 8.71. The van der Waals surface area contributed by atoms with Gasteiger partial charge in [0.25, 0.3) is 0 Å². The van der Waals surface area contributed by atoms with E-state index in [1.807, 2.05) is 12.1 Å². The fourth-order valence-electron chi connectivity index (χ4n) is 2.18. The Balaban J connectivity index is 2.00. The highest BCUT2D eigenvalue weighted by Gasteiger charge is 2.24. The van der Waals surface area contributed by atoms with Crippen LogP contribution in [-0.2, 0) is 16.4 Å². The number of ether oxygens (including phenoxy) is 1. The average Bonchev–Trinajstić information content (AvgIpc) is 2.54. The summed E-state index contributed by atoms with van der Waals surface area (Å²) in [6.07, 6.45) is 0.328. The van der Waals surface area contributed by atoms with Crippen LogP contribution in [0.1, 0.15) is 12.5 Å². The molecule has 2 rings (SSSR count). The molecule has 0 radical (unpaired) electrons. The van der Waals surface area contributed by atoms with Crippen LogP contribution in [0.5, 0.6) is 5.75 Å². The van der Waals surface area contributed by atoms with Crippen LogP contribution in [-0.4, -0.2) is 32.8 Å². The fourth-order valence-corrected chi connectivity index (χ4v) is 3.36. The zero-order chi connectivity index (χ0) is 16.9. The number of benzene rings is 2. The Labute approximate surface area is 137 Å². The Morgan fingerprint density at radius 2 is 1.70 bits per heavy atom. The lowest BCUT2D eigenvalue weighted by Crippen LogP contribution is -2.42. The summed E-state index contributed by atoms with van der Waals surface area (Å²) in [5.41, 5.74) is -0.300. The summed E-state index contributed by atoms with van der Waals surface area (Å²) >= 11 is 0. The topological polar surface area (TPSA) is 75.6 Å². The highest BCUT2D eigenvalue weighted by atomic mass is 32.2. The number of nitrogens with one attached hydrogen (secondary N) is 1. The largest absolute Gasteiger partial charge is 0.497 e. The average molecular weight is 335 g/mol. The molecule has 0 aromatic heterocycles. The number of sulfonamides is 1. The van der Waals surface area contributed by atoms with Crippen molar-refractivity contribution in [3.63, 3.8) is 0 Å². The van der Waals surface area contributed by atoms with Crippen LogP contribution in [0.4, 0.5) is 0 Å². The lowest BCUT2D eigenvalue weighted by molar-refractivity contribution is 0.0657. The van der Waals surface area contributed by atoms with Gasteiger partial charge in [0, 0.05) is 13.0 Å². The van der Waals surface area contributed by atoms with Crippen molar-refractivity contribution in [2.45, 2.75) is 23.8 Å². The lowest BCUT2D eigenvalue weighted by Gasteiger charge is -2.24. The highest BCUT2D eigenvalue weighted by Crippen LogP contribution is 2.17. The van der Waals surface area contributed by atoms with Crippen LogP contribution in [0.25, 0.3) is 0 Å². The van der Waals surface area contributed by atoms with Crippen molar-refractivity contribution in [1.82, 2.24) is 4.72 Å². The zero-order valence-electron chi connectivity index (χ0n) is 13.2. The minimum Gasteiger partial charge on any atom is -0.497 e. The predicted molar refractivity (Wildman–Crippen MR) is 89.0 cm³/mol. The van der Waals surface area contributed by atoms with E-state index in [0.717, 1.165) is 11.3 Å². The standard InChI is InChI=1S/C17H21NO4S/c1-17(19,12-14-8-10-15(22-2)11-9-14)13-18-23(20,21)16-6-4-3-5-7-16/h3-11,18-19H,12-13H2,1-2H3. The quantitative estimate of drug-likeness (QED) is 0.811. The van der Waals surface area contributed by atoms with Crippen molar-refractivity contribution in [3.8, 4) is 5.75 Å². The van der Waals surface area contributed by atoms with Gasteiger partial charge in [-0.05, 0) is 36.8 Å². The molecule has 5 nitrogen and oxygen atoms in total. The number of rotatable bonds is 7. The van der Waals surface area contributed by atoms with E-state index in [-0.39, 0.29) is 11.4 Å². The Morgan fingerprint density at radius 1 is 1.09 bits per heavy atom. The van der Waals surface area contributed by atoms with Crippen molar-refractivity contribution < 1.29 is 18.3 Å². The monoisotopic (exact) mass is 335 g/mol. The molecular weight excluding hydrogens is 314 g/mol. The number of hydrogen-bond acceptors (Lipinski definition) is 4.